The van der Waals surface area contributed by atoms with Crippen molar-refractivity contribution in [1.29, 1.82) is 0 Å². The highest BCUT2D eigenvalue weighted by molar-refractivity contribution is 7.91. The summed E-state index contributed by atoms with van der Waals surface area (Å²) >= 11 is 1.14. The zero-order valence-electron chi connectivity index (χ0n) is 12.3. The minimum atomic E-state index is -3.48. The average molecular weight is 325 g/mol. The van der Waals surface area contributed by atoms with Crippen molar-refractivity contribution in [2.24, 2.45) is 0 Å². The van der Waals surface area contributed by atoms with Crippen LogP contribution < -0.4 is 10.6 Å². The average Bonchev–Trinajstić information content (AvgIpc) is 2.86. The molecule has 1 aromatic heterocycles. The van der Waals surface area contributed by atoms with Crippen LogP contribution in [0.2, 0.25) is 0 Å². The monoisotopic (exact) mass is 325 g/mol. The maximum atomic E-state index is 12.4. The Bertz CT molecular complexity index is 706. The Hall–Kier alpha value is -1.57. The number of hydrogen-bond donors (Lipinski definition) is 1. The van der Waals surface area contributed by atoms with Gasteiger partial charge in [-0.05, 0) is 23.8 Å². The number of nitrogens with zero attached hydrogens (tertiary/aromatic N) is 2. The maximum Gasteiger partial charge on any atom is 0.252 e. The highest BCUT2D eigenvalue weighted by Crippen LogP contribution is 2.25. The van der Waals surface area contributed by atoms with E-state index in [1.807, 2.05) is 43.3 Å². The van der Waals surface area contributed by atoms with Crippen LogP contribution in [0, 0.1) is 0 Å². The van der Waals surface area contributed by atoms with E-state index in [-0.39, 0.29) is 4.21 Å². The first kappa shape index (κ1) is 15.8. The number of hydrogen-bond acceptors (Lipinski definition) is 5. The van der Waals surface area contributed by atoms with Crippen LogP contribution in [0.4, 0.5) is 11.4 Å². The van der Waals surface area contributed by atoms with Crippen molar-refractivity contribution in [2.75, 3.05) is 31.8 Å². The van der Waals surface area contributed by atoms with Gasteiger partial charge >= 0.3 is 0 Å². The van der Waals surface area contributed by atoms with Crippen molar-refractivity contribution < 1.29 is 8.42 Å². The molecule has 1 aromatic carbocycles. The van der Waals surface area contributed by atoms with Crippen LogP contribution >= 0.6 is 11.3 Å². The molecule has 0 spiro atoms. The topological polar surface area (TPSA) is 66.6 Å². The van der Waals surface area contributed by atoms with Gasteiger partial charge in [0.25, 0.3) is 10.0 Å². The van der Waals surface area contributed by atoms with Gasteiger partial charge in [-0.15, -0.1) is 11.3 Å². The molecule has 2 aromatic rings. The summed E-state index contributed by atoms with van der Waals surface area (Å²) in [7, 11) is 2.02. The van der Waals surface area contributed by atoms with Crippen LogP contribution in [0.5, 0.6) is 0 Å². The molecule has 7 heteroatoms. The quantitative estimate of drug-likeness (QED) is 0.915. The maximum absolute atomic E-state index is 12.4. The summed E-state index contributed by atoms with van der Waals surface area (Å²) in [6.07, 6.45) is 0. The first-order valence-electron chi connectivity index (χ1n) is 6.37. The molecule has 0 saturated heterocycles. The second-order valence-electron chi connectivity index (χ2n) is 5.02. The van der Waals surface area contributed by atoms with Crippen molar-refractivity contribution in [3.05, 3.63) is 41.3 Å². The van der Waals surface area contributed by atoms with E-state index in [0.717, 1.165) is 22.6 Å². The van der Waals surface area contributed by atoms with Gasteiger partial charge in [-0.3, -0.25) is 0 Å². The van der Waals surface area contributed by atoms with Gasteiger partial charge in [0.15, 0.2) is 0 Å². The highest BCUT2D eigenvalue weighted by Gasteiger charge is 2.22. The number of sulfonamides is 1. The summed E-state index contributed by atoms with van der Waals surface area (Å²) in [5.74, 6) is 0. The molecular formula is C14H19N3O2S2. The van der Waals surface area contributed by atoms with Gasteiger partial charge in [0.1, 0.15) is 4.21 Å². The minimum Gasteiger partial charge on any atom is -0.398 e. The predicted octanol–water partition coefficient (Wildman–Crippen LogP) is 2.22. The molecule has 2 rings (SSSR count). The Morgan fingerprint density at radius 2 is 1.76 bits per heavy atom. The predicted molar refractivity (Wildman–Crippen MR) is 88.2 cm³/mol. The van der Waals surface area contributed by atoms with Crippen LogP contribution in [0.15, 0.2) is 39.9 Å². The fourth-order valence-electron chi connectivity index (χ4n) is 1.86. The van der Waals surface area contributed by atoms with Gasteiger partial charge < -0.3 is 10.6 Å². The fourth-order valence-corrected chi connectivity index (χ4v) is 4.31. The molecule has 5 nitrogen and oxygen atoms in total. The van der Waals surface area contributed by atoms with Crippen LogP contribution in [-0.4, -0.2) is 33.9 Å². The molecule has 0 atom stereocenters. The molecular weight excluding hydrogens is 306 g/mol. The summed E-state index contributed by atoms with van der Waals surface area (Å²) in [6, 6.07) is 9.30. The summed E-state index contributed by atoms with van der Waals surface area (Å²) in [4.78, 5) is 2.00. The second-order valence-corrected chi connectivity index (χ2v) is 8.20. The third-order valence-corrected chi connectivity index (χ3v) is 6.35. The molecule has 0 amide bonds. The van der Waals surface area contributed by atoms with Crippen molar-refractivity contribution in [2.45, 2.75) is 10.8 Å². The zero-order valence-corrected chi connectivity index (χ0v) is 13.9. The van der Waals surface area contributed by atoms with Gasteiger partial charge in [-0.1, -0.05) is 12.1 Å². The lowest BCUT2D eigenvalue weighted by Gasteiger charge is -2.17. The summed E-state index contributed by atoms with van der Waals surface area (Å²) in [5.41, 5.74) is 8.09. The molecule has 0 fully saturated rings. The van der Waals surface area contributed by atoms with Gasteiger partial charge in [-0.25, -0.2) is 8.42 Å². The summed E-state index contributed by atoms with van der Waals surface area (Å²) < 4.78 is 26.4. The minimum absolute atomic E-state index is 0.271. The zero-order chi connectivity index (χ0) is 15.6. The Kier molecular flexibility index (Phi) is 4.55. The third kappa shape index (κ3) is 3.55. The van der Waals surface area contributed by atoms with E-state index < -0.39 is 10.0 Å². The number of anilines is 2. The third-order valence-electron chi connectivity index (χ3n) is 3.12. The van der Waals surface area contributed by atoms with E-state index in [1.165, 1.54) is 10.4 Å². The molecule has 0 saturated carbocycles. The summed E-state index contributed by atoms with van der Waals surface area (Å²) in [5, 5.41) is 1.63. The van der Waals surface area contributed by atoms with E-state index in [2.05, 4.69) is 0 Å². The number of thiophene rings is 1. The standard InChI is InChI=1S/C14H19N3O2S2/c1-16(2)13-6-4-11(5-7-13)9-17(3)21(18,19)14-8-12(15)10-20-14/h4-8,10H,9,15H2,1-3H3. The molecule has 0 bridgehead atoms. The van der Waals surface area contributed by atoms with Gasteiger partial charge in [0.05, 0.1) is 0 Å². The first-order valence-corrected chi connectivity index (χ1v) is 8.69. The largest absolute Gasteiger partial charge is 0.398 e. The Morgan fingerprint density at radius 1 is 1.14 bits per heavy atom. The van der Waals surface area contributed by atoms with Crippen molar-refractivity contribution in [1.82, 2.24) is 4.31 Å². The van der Waals surface area contributed by atoms with Crippen LogP contribution in [0.3, 0.4) is 0 Å². The van der Waals surface area contributed by atoms with Crippen LogP contribution in [0.1, 0.15) is 5.56 Å². The number of nitrogens with two attached hydrogens (primary N) is 1. The molecule has 114 valence electrons. The smallest absolute Gasteiger partial charge is 0.252 e. The normalized spacial score (nSPS) is 11.8. The number of nitrogen functional groups attached to an aromatic ring is 1. The molecule has 0 aliphatic heterocycles. The van der Waals surface area contributed by atoms with E-state index in [4.69, 9.17) is 5.73 Å². The van der Waals surface area contributed by atoms with E-state index in [1.54, 1.807) is 12.4 Å². The van der Waals surface area contributed by atoms with Crippen molar-refractivity contribution in [3.8, 4) is 0 Å². The van der Waals surface area contributed by atoms with E-state index in [0.29, 0.717) is 12.2 Å². The highest BCUT2D eigenvalue weighted by atomic mass is 32.2. The van der Waals surface area contributed by atoms with Crippen molar-refractivity contribution >= 4 is 32.7 Å². The Labute approximate surface area is 129 Å². The van der Waals surface area contributed by atoms with Crippen molar-refractivity contribution in [3.63, 3.8) is 0 Å². The molecule has 2 N–H and O–H groups in total. The van der Waals surface area contributed by atoms with E-state index >= 15 is 0 Å². The lowest BCUT2D eigenvalue weighted by atomic mass is 10.2. The molecule has 0 unspecified atom stereocenters. The lowest BCUT2D eigenvalue weighted by molar-refractivity contribution is 0.468. The summed E-state index contributed by atoms with van der Waals surface area (Å²) in [6.45, 7) is 0.327. The number of rotatable bonds is 5. The Morgan fingerprint density at radius 3 is 2.24 bits per heavy atom. The first-order chi connectivity index (χ1) is 9.80. The lowest BCUT2D eigenvalue weighted by Crippen LogP contribution is -2.25. The molecule has 1 heterocycles. The van der Waals surface area contributed by atoms with Gasteiger partial charge in [0.2, 0.25) is 0 Å². The van der Waals surface area contributed by atoms with E-state index in [9.17, 15) is 8.42 Å². The van der Waals surface area contributed by atoms with Crippen LogP contribution in [0.25, 0.3) is 0 Å². The molecule has 0 aliphatic rings. The fraction of sp³-hybridized carbons (Fsp3) is 0.286. The molecule has 0 radical (unpaired) electrons. The second kappa shape index (κ2) is 6.05. The molecule has 0 aliphatic carbocycles. The number of benzene rings is 1. The SMILES string of the molecule is CN(C)c1ccc(CN(C)S(=O)(=O)c2cc(N)cs2)cc1. The van der Waals surface area contributed by atoms with Gasteiger partial charge in [-0.2, -0.15) is 4.31 Å². The molecule has 21 heavy (non-hydrogen) atoms. The Balaban J connectivity index is 2.15. The van der Waals surface area contributed by atoms with Gasteiger partial charge in [0, 0.05) is 44.4 Å². The van der Waals surface area contributed by atoms with Crippen LogP contribution in [-0.2, 0) is 16.6 Å².